The summed E-state index contributed by atoms with van der Waals surface area (Å²) in [5.41, 5.74) is -0.891. The van der Waals surface area contributed by atoms with Crippen LogP contribution in [0.3, 0.4) is 0 Å². The standard InChI is InChI=1S/C13H12F3N/c1-9-6-12(7-9,8-17)10-3-2-4-11(5-10)13(14,15)16/h2-5,9H,6-7H2,1H3. The minimum Gasteiger partial charge on any atom is -0.197 e. The fourth-order valence-corrected chi connectivity index (χ4v) is 2.51. The van der Waals surface area contributed by atoms with Crippen LogP contribution in [0, 0.1) is 17.2 Å². The minimum atomic E-state index is -4.35. The van der Waals surface area contributed by atoms with E-state index >= 15 is 0 Å². The molecule has 0 radical (unpaired) electrons. The first kappa shape index (κ1) is 12.0. The number of halogens is 3. The molecule has 0 aliphatic heterocycles. The molecule has 0 spiro atoms. The van der Waals surface area contributed by atoms with Gasteiger partial charge in [-0.3, -0.25) is 0 Å². The lowest BCUT2D eigenvalue weighted by Crippen LogP contribution is -2.38. The molecule has 2 rings (SSSR count). The zero-order chi connectivity index (χ0) is 12.7. The van der Waals surface area contributed by atoms with E-state index in [1.807, 2.05) is 6.92 Å². The van der Waals surface area contributed by atoms with Gasteiger partial charge in [-0.1, -0.05) is 25.1 Å². The molecule has 90 valence electrons. The predicted octanol–water partition coefficient (Wildman–Crippen LogP) is 3.90. The minimum absolute atomic E-state index is 0.407. The third-order valence-electron chi connectivity index (χ3n) is 3.35. The number of nitriles is 1. The maximum Gasteiger partial charge on any atom is 0.416 e. The van der Waals surface area contributed by atoms with Crippen molar-refractivity contribution in [1.82, 2.24) is 0 Å². The molecular formula is C13H12F3N. The number of alkyl halides is 3. The van der Waals surface area contributed by atoms with Crippen LogP contribution in [-0.4, -0.2) is 0 Å². The smallest absolute Gasteiger partial charge is 0.197 e. The lowest BCUT2D eigenvalue weighted by atomic mass is 9.60. The van der Waals surface area contributed by atoms with E-state index in [2.05, 4.69) is 6.07 Å². The van der Waals surface area contributed by atoms with E-state index in [0.717, 1.165) is 12.1 Å². The Morgan fingerprint density at radius 2 is 2.00 bits per heavy atom. The second kappa shape index (κ2) is 3.76. The largest absolute Gasteiger partial charge is 0.416 e. The van der Waals surface area contributed by atoms with Crippen molar-refractivity contribution in [3.05, 3.63) is 35.4 Å². The second-order valence-electron chi connectivity index (χ2n) is 4.79. The lowest BCUT2D eigenvalue weighted by molar-refractivity contribution is -0.137. The molecular weight excluding hydrogens is 227 g/mol. The van der Waals surface area contributed by atoms with Gasteiger partial charge in [0.15, 0.2) is 0 Å². The molecule has 1 aliphatic rings. The summed E-state index contributed by atoms with van der Waals surface area (Å²) in [4.78, 5) is 0. The normalized spacial score (nSPS) is 28.3. The van der Waals surface area contributed by atoms with E-state index in [4.69, 9.17) is 0 Å². The fraction of sp³-hybridized carbons (Fsp3) is 0.462. The van der Waals surface area contributed by atoms with Crippen molar-refractivity contribution >= 4 is 0 Å². The lowest BCUT2D eigenvalue weighted by Gasteiger charge is -2.41. The van der Waals surface area contributed by atoms with Gasteiger partial charge in [0.2, 0.25) is 0 Å². The molecule has 0 heterocycles. The Kier molecular flexibility index (Phi) is 2.65. The van der Waals surface area contributed by atoms with Crippen molar-refractivity contribution in [2.24, 2.45) is 5.92 Å². The second-order valence-corrected chi connectivity index (χ2v) is 4.79. The molecule has 0 atom stereocenters. The van der Waals surface area contributed by atoms with Crippen molar-refractivity contribution in [3.8, 4) is 6.07 Å². The third-order valence-corrected chi connectivity index (χ3v) is 3.35. The van der Waals surface area contributed by atoms with Gasteiger partial charge in [0.25, 0.3) is 0 Å². The molecule has 1 fully saturated rings. The van der Waals surface area contributed by atoms with Crippen LogP contribution >= 0.6 is 0 Å². The third kappa shape index (κ3) is 2.02. The van der Waals surface area contributed by atoms with Gasteiger partial charge in [-0.2, -0.15) is 18.4 Å². The Morgan fingerprint density at radius 3 is 2.47 bits per heavy atom. The quantitative estimate of drug-likeness (QED) is 0.729. The van der Waals surface area contributed by atoms with E-state index in [1.165, 1.54) is 6.07 Å². The SMILES string of the molecule is CC1CC(C#N)(c2cccc(C(F)(F)F)c2)C1. The van der Waals surface area contributed by atoms with Gasteiger partial charge < -0.3 is 0 Å². The van der Waals surface area contributed by atoms with Crippen LogP contribution in [0.4, 0.5) is 13.2 Å². The van der Waals surface area contributed by atoms with Gasteiger partial charge in [0.1, 0.15) is 0 Å². The van der Waals surface area contributed by atoms with Gasteiger partial charge in [0.05, 0.1) is 17.0 Å². The van der Waals surface area contributed by atoms with Crippen molar-refractivity contribution < 1.29 is 13.2 Å². The van der Waals surface area contributed by atoms with Gasteiger partial charge in [-0.25, -0.2) is 0 Å². The Hall–Kier alpha value is -1.50. The molecule has 1 aromatic carbocycles. The van der Waals surface area contributed by atoms with Gasteiger partial charge in [-0.05, 0) is 30.4 Å². The summed E-state index contributed by atoms with van der Waals surface area (Å²) in [6.45, 7) is 2.00. The van der Waals surface area contributed by atoms with Crippen LogP contribution < -0.4 is 0 Å². The summed E-state index contributed by atoms with van der Waals surface area (Å²) in [7, 11) is 0. The summed E-state index contributed by atoms with van der Waals surface area (Å²) in [6, 6.07) is 7.31. The zero-order valence-corrected chi connectivity index (χ0v) is 9.38. The molecule has 4 heteroatoms. The summed E-state index contributed by atoms with van der Waals surface area (Å²) in [5, 5.41) is 9.17. The summed E-state index contributed by atoms with van der Waals surface area (Å²) >= 11 is 0. The summed E-state index contributed by atoms with van der Waals surface area (Å²) in [6.07, 6.45) is -3.06. The molecule has 0 amide bonds. The Balaban J connectivity index is 2.38. The molecule has 0 unspecified atom stereocenters. The molecule has 1 aromatic rings. The average molecular weight is 239 g/mol. The van der Waals surface area contributed by atoms with Crippen LogP contribution in [0.1, 0.15) is 30.9 Å². The highest BCUT2D eigenvalue weighted by molar-refractivity contribution is 5.39. The molecule has 0 bridgehead atoms. The van der Waals surface area contributed by atoms with Crippen LogP contribution in [0.25, 0.3) is 0 Å². The summed E-state index contributed by atoms with van der Waals surface area (Å²) < 4.78 is 37.7. The molecule has 1 saturated carbocycles. The maximum atomic E-state index is 12.6. The fourth-order valence-electron chi connectivity index (χ4n) is 2.51. The van der Waals surface area contributed by atoms with Gasteiger partial charge in [-0.15, -0.1) is 0 Å². The number of nitrogens with zero attached hydrogens (tertiary/aromatic N) is 1. The zero-order valence-electron chi connectivity index (χ0n) is 9.38. The Labute approximate surface area is 97.9 Å². The first-order chi connectivity index (χ1) is 7.87. The molecule has 0 aromatic heterocycles. The first-order valence-electron chi connectivity index (χ1n) is 5.46. The molecule has 0 saturated heterocycles. The van der Waals surface area contributed by atoms with E-state index in [0.29, 0.717) is 24.3 Å². The molecule has 1 aliphatic carbocycles. The van der Waals surface area contributed by atoms with Crippen molar-refractivity contribution in [1.29, 1.82) is 5.26 Å². The average Bonchev–Trinajstić information content (AvgIpc) is 2.23. The van der Waals surface area contributed by atoms with Crippen molar-refractivity contribution in [2.75, 3.05) is 0 Å². The Morgan fingerprint density at radius 1 is 1.35 bits per heavy atom. The maximum absolute atomic E-state index is 12.6. The van der Waals surface area contributed by atoms with Crippen molar-refractivity contribution in [3.63, 3.8) is 0 Å². The number of hydrogen-bond acceptors (Lipinski definition) is 1. The first-order valence-corrected chi connectivity index (χ1v) is 5.46. The number of benzene rings is 1. The van der Waals surface area contributed by atoms with Crippen LogP contribution in [0.2, 0.25) is 0 Å². The molecule has 1 nitrogen and oxygen atoms in total. The monoisotopic (exact) mass is 239 g/mol. The molecule has 0 N–H and O–H groups in total. The predicted molar refractivity (Wildman–Crippen MR) is 57.1 cm³/mol. The van der Waals surface area contributed by atoms with E-state index in [-0.39, 0.29) is 0 Å². The van der Waals surface area contributed by atoms with Crippen LogP contribution in [0.5, 0.6) is 0 Å². The van der Waals surface area contributed by atoms with E-state index in [1.54, 1.807) is 6.07 Å². The number of rotatable bonds is 1. The van der Waals surface area contributed by atoms with E-state index < -0.39 is 17.2 Å². The van der Waals surface area contributed by atoms with Gasteiger partial charge in [0, 0.05) is 0 Å². The molecule has 17 heavy (non-hydrogen) atoms. The topological polar surface area (TPSA) is 23.8 Å². The highest BCUT2D eigenvalue weighted by Crippen LogP contribution is 2.47. The van der Waals surface area contributed by atoms with Gasteiger partial charge >= 0.3 is 6.18 Å². The highest BCUT2D eigenvalue weighted by Gasteiger charge is 2.44. The van der Waals surface area contributed by atoms with Crippen LogP contribution in [-0.2, 0) is 11.6 Å². The van der Waals surface area contributed by atoms with Crippen molar-refractivity contribution in [2.45, 2.75) is 31.4 Å². The van der Waals surface area contributed by atoms with E-state index in [9.17, 15) is 18.4 Å². The van der Waals surface area contributed by atoms with Crippen LogP contribution in [0.15, 0.2) is 24.3 Å². The number of hydrogen-bond donors (Lipinski definition) is 0. The highest BCUT2D eigenvalue weighted by atomic mass is 19.4. The Bertz CT molecular complexity index is 464. The summed E-state index contributed by atoms with van der Waals surface area (Å²) in [5.74, 6) is 0.407.